The van der Waals surface area contributed by atoms with Crippen LogP contribution in [0.5, 0.6) is 0 Å². The summed E-state index contributed by atoms with van der Waals surface area (Å²) in [7, 11) is 0. The van der Waals surface area contributed by atoms with E-state index in [2.05, 4.69) is 10.3 Å². The summed E-state index contributed by atoms with van der Waals surface area (Å²) in [6.45, 7) is 6.40. The number of carbonyl (C=O) groups is 1. The van der Waals surface area contributed by atoms with Crippen molar-refractivity contribution in [3.05, 3.63) is 46.0 Å². The van der Waals surface area contributed by atoms with Gasteiger partial charge in [0.1, 0.15) is 11.5 Å². The highest BCUT2D eigenvalue weighted by atomic mass is 32.1. The maximum Gasteiger partial charge on any atom is 0.227 e. The number of nitrogens with zero attached hydrogens (tertiary/aromatic N) is 2. The van der Waals surface area contributed by atoms with Crippen LogP contribution in [0.3, 0.4) is 0 Å². The van der Waals surface area contributed by atoms with E-state index >= 15 is 0 Å². The number of furan rings is 1. The van der Waals surface area contributed by atoms with Gasteiger partial charge >= 0.3 is 0 Å². The lowest BCUT2D eigenvalue weighted by molar-refractivity contribution is -0.130. The highest BCUT2D eigenvalue weighted by molar-refractivity contribution is 7.07. The minimum absolute atomic E-state index is 0.245. The first kappa shape index (κ1) is 15.3. The van der Waals surface area contributed by atoms with Gasteiger partial charge < -0.3 is 9.32 Å². The van der Waals surface area contributed by atoms with Crippen molar-refractivity contribution in [2.45, 2.75) is 26.3 Å². The second kappa shape index (κ2) is 7.11. The van der Waals surface area contributed by atoms with E-state index in [9.17, 15) is 4.79 Å². The van der Waals surface area contributed by atoms with Crippen LogP contribution < -0.4 is 0 Å². The van der Waals surface area contributed by atoms with E-state index in [1.807, 2.05) is 35.4 Å². The van der Waals surface area contributed by atoms with Crippen LogP contribution in [0.15, 0.2) is 33.4 Å². The van der Waals surface area contributed by atoms with Crippen molar-refractivity contribution in [3.63, 3.8) is 0 Å². The number of thiophene rings is 1. The SMILES string of the molecule is Cc1ccc(CN2CCCN(C(=O)Cc3ccsc3)CC2)o1. The monoisotopic (exact) mass is 318 g/mol. The highest BCUT2D eigenvalue weighted by Crippen LogP contribution is 2.13. The van der Waals surface area contributed by atoms with Crippen LogP contribution in [0, 0.1) is 6.92 Å². The zero-order valence-corrected chi connectivity index (χ0v) is 13.8. The molecule has 0 radical (unpaired) electrons. The number of carbonyl (C=O) groups excluding carboxylic acids is 1. The highest BCUT2D eigenvalue weighted by Gasteiger charge is 2.20. The molecule has 118 valence electrons. The summed E-state index contributed by atoms with van der Waals surface area (Å²) in [4.78, 5) is 16.8. The van der Waals surface area contributed by atoms with Crippen LogP contribution in [0.2, 0.25) is 0 Å². The van der Waals surface area contributed by atoms with Crippen molar-refractivity contribution in [2.75, 3.05) is 26.2 Å². The predicted octanol–water partition coefficient (Wildman–Crippen LogP) is 2.93. The first-order valence-electron chi connectivity index (χ1n) is 7.77. The van der Waals surface area contributed by atoms with Crippen LogP contribution >= 0.6 is 11.3 Å². The molecule has 1 fully saturated rings. The molecule has 1 aliphatic heterocycles. The van der Waals surface area contributed by atoms with E-state index in [1.54, 1.807) is 11.3 Å². The van der Waals surface area contributed by atoms with Gasteiger partial charge in [-0.05, 0) is 47.9 Å². The molecule has 3 heterocycles. The number of rotatable bonds is 4. The van der Waals surface area contributed by atoms with Crippen molar-refractivity contribution in [2.24, 2.45) is 0 Å². The lowest BCUT2D eigenvalue weighted by atomic mass is 10.2. The predicted molar refractivity (Wildman–Crippen MR) is 87.9 cm³/mol. The third-order valence-electron chi connectivity index (χ3n) is 4.05. The molecule has 2 aromatic heterocycles. The van der Waals surface area contributed by atoms with Gasteiger partial charge in [0.25, 0.3) is 0 Å². The quantitative estimate of drug-likeness (QED) is 0.870. The van der Waals surface area contributed by atoms with Crippen molar-refractivity contribution < 1.29 is 9.21 Å². The average molecular weight is 318 g/mol. The van der Waals surface area contributed by atoms with Gasteiger partial charge in [0.05, 0.1) is 13.0 Å². The fourth-order valence-corrected chi connectivity index (χ4v) is 3.52. The fraction of sp³-hybridized carbons (Fsp3) is 0.471. The van der Waals surface area contributed by atoms with Crippen molar-refractivity contribution in [1.29, 1.82) is 0 Å². The standard InChI is InChI=1S/C17H22N2O2S/c1-14-3-4-16(21-14)12-18-6-2-7-19(9-8-18)17(20)11-15-5-10-22-13-15/h3-5,10,13H,2,6-9,11-12H2,1H3. The molecule has 1 saturated heterocycles. The Kier molecular flexibility index (Phi) is 4.95. The smallest absolute Gasteiger partial charge is 0.227 e. The topological polar surface area (TPSA) is 36.7 Å². The molecule has 1 aliphatic rings. The van der Waals surface area contributed by atoms with Crippen LogP contribution in [0.1, 0.15) is 23.5 Å². The van der Waals surface area contributed by atoms with Gasteiger partial charge in [-0.25, -0.2) is 0 Å². The van der Waals surface area contributed by atoms with Crippen LogP contribution in [-0.4, -0.2) is 41.9 Å². The maximum absolute atomic E-state index is 12.4. The molecule has 3 rings (SSSR count). The molecule has 0 unspecified atom stereocenters. The van der Waals surface area contributed by atoms with Crippen LogP contribution in [0.25, 0.3) is 0 Å². The van der Waals surface area contributed by atoms with E-state index in [0.717, 1.165) is 56.2 Å². The lowest BCUT2D eigenvalue weighted by Crippen LogP contribution is -2.35. The molecule has 0 spiro atoms. The number of hydrogen-bond acceptors (Lipinski definition) is 4. The molecule has 0 bridgehead atoms. The zero-order valence-electron chi connectivity index (χ0n) is 13.0. The minimum atomic E-state index is 0.245. The summed E-state index contributed by atoms with van der Waals surface area (Å²) in [5.74, 6) is 2.21. The van der Waals surface area contributed by atoms with Gasteiger partial charge in [0.2, 0.25) is 5.91 Å². The number of hydrogen-bond donors (Lipinski definition) is 0. The molecule has 1 amide bonds. The van der Waals surface area contributed by atoms with Gasteiger partial charge in [-0.1, -0.05) is 0 Å². The average Bonchev–Trinajstić information content (AvgIpc) is 3.07. The molecule has 2 aromatic rings. The lowest BCUT2D eigenvalue weighted by Gasteiger charge is -2.21. The summed E-state index contributed by atoms with van der Waals surface area (Å²) in [5, 5.41) is 4.08. The second-order valence-electron chi connectivity index (χ2n) is 5.83. The Hall–Kier alpha value is -1.59. The number of aryl methyl sites for hydroxylation is 1. The summed E-state index contributed by atoms with van der Waals surface area (Å²) in [6.07, 6.45) is 1.55. The third-order valence-corrected chi connectivity index (χ3v) is 4.78. The first-order valence-corrected chi connectivity index (χ1v) is 8.71. The van der Waals surface area contributed by atoms with E-state index < -0.39 is 0 Å². The Bertz CT molecular complexity index is 606. The largest absolute Gasteiger partial charge is 0.465 e. The summed E-state index contributed by atoms with van der Waals surface area (Å²) in [5.41, 5.74) is 1.13. The van der Waals surface area contributed by atoms with Crippen molar-refractivity contribution in [1.82, 2.24) is 9.80 Å². The van der Waals surface area contributed by atoms with Gasteiger partial charge in [0.15, 0.2) is 0 Å². The van der Waals surface area contributed by atoms with E-state index in [0.29, 0.717) is 6.42 Å². The molecule has 5 heteroatoms. The van der Waals surface area contributed by atoms with E-state index in [1.165, 1.54) is 0 Å². The van der Waals surface area contributed by atoms with Crippen molar-refractivity contribution in [3.8, 4) is 0 Å². The molecule has 0 saturated carbocycles. The zero-order chi connectivity index (χ0) is 15.4. The summed E-state index contributed by atoms with van der Waals surface area (Å²) >= 11 is 1.65. The Morgan fingerprint density at radius 2 is 2.14 bits per heavy atom. The van der Waals surface area contributed by atoms with Gasteiger partial charge in [-0.3, -0.25) is 9.69 Å². The molecule has 0 atom stereocenters. The number of amides is 1. The Labute approximate surface area is 135 Å². The van der Waals surface area contributed by atoms with Gasteiger partial charge in [-0.2, -0.15) is 11.3 Å². The molecule has 22 heavy (non-hydrogen) atoms. The molecular formula is C17H22N2O2S. The second-order valence-corrected chi connectivity index (χ2v) is 6.61. The summed E-state index contributed by atoms with van der Waals surface area (Å²) < 4.78 is 5.65. The molecule has 4 nitrogen and oxygen atoms in total. The molecular weight excluding hydrogens is 296 g/mol. The van der Waals surface area contributed by atoms with Crippen molar-refractivity contribution >= 4 is 17.2 Å². The Morgan fingerprint density at radius 3 is 2.86 bits per heavy atom. The Morgan fingerprint density at radius 1 is 1.23 bits per heavy atom. The molecule has 0 aliphatic carbocycles. The van der Waals surface area contributed by atoms with E-state index in [4.69, 9.17) is 4.42 Å². The molecule has 0 N–H and O–H groups in total. The third kappa shape index (κ3) is 3.99. The normalized spacial score (nSPS) is 16.7. The maximum atomic E-state index is 12.4. The van der Waals surface area contributed by atoms with E-state index in [-0.39, 0.29) is 5.91 Å². The minimum Gasteiger partial charge on any atom is -0.465 e. The van der Waals surface area contributed by atoms with Gasteiger partial charge in [0, 0.05) is 26.2 Å². The first-order chi connectivity index (χ1) is 10.7. The molecule has 0 aromatic carbocycles. The fourth-order valence-electron chi connectivity index (χ4n) is 2.85. The Balaban J connectivity index is 1.52. The van der Waals surface area contributed by atoms with Crippen LogP contribution in [0.4, 0.5) is 0 Å². The van der Waals surface area contributed by atoms with Crippen LogP contribution in [-0.2, 0) is 17.8 Å². The summed E-state index contributed by atoms with van der Waals surface area (Å²) in [6, 6.07) is 6.08. The van der Waals surface area contributed by atoms with Gasteiger partial charge in [-0.15, -0.1) is 0 Å².